The summed E-state index contributed by atoms with van der Waals surface area (Å²) in [5, 5.41) is 2.91. The van der Waals surface area contributed by atoms with Gasteiger partial charge in [0.1, 0.15) is 5.82 Å². The van der Waals surface area contributed by atoms with E-state index in [4.69, 9.17) is 0 Å². The van der Waals surface area contributed by atoms with Gasteiger partial charge >= 0.3 is 6.03 Å². The van der Waals surface area contributed by atoms with E-state index in [1.807, 2.05) is 42.4 Å². The molecule has 0 atom stereocenters. The van der Waals surface area contributed by atoms with Crippen LogP contribution in [0.2, 0.25) is 0 Å². The molecule has 0 spiro atoms. The Morgan fingerprint density at radius 2 is 2.13 bits per heavy atom. The van der Waals surface area contributed by atoms with Gasteiger partial charge in [0.25, 0.3) is 0 Å². The van der Waals surface area contributed by atoms with E-state index in [9.17, 15) is 4.79 Å². The molecule has 23 heavy (non-hydrogen) atoms. The van der Waals surface area contributed by atoms with Gasteiger partial charge in [-0.15, -0.1) is 0 Å². The highest BCUT2D eigenvalue weighted by Gasteiger charge is 2.27. The quantitative estimate of drug-likeness (QED) is 0.854. The van der Waals surface area contributed by atoms with Crippen molar-refractivity contribution in [2.45, 2.75) is 32.9 Å². The Morgan fingerprint density at radius 1 is 1.35 bits per heavy atom. The van der Waals surface area contributed by atoms with Gasteiger partial charge in [0.15, 0.2) is 0 Å². The van der Waals surface area contributed by atoms with E-state index < -0.39 is 0 Å². The smallest absolute Gasteiger partial charge is 0.317 e. The zero-order valence-electron chi connectivity index (χ0n) is 13.6. The molecule has 5 heteroatoms. The second kappa shape index (κ2) is 7.31. The molecule has 0 aliphatic heterocycles. The molecule has 3 rings (SSSR count). The van der Waals surface area contributed by atoms with E-state index in [2.05, 4.69) is 27.0 Å². The van der Waals surface area contributed by atoms with Crippen LogP contribution >= 0.6 is 0 Å². The van der Waals surface area contributed by atoms with Crippen molar-refractivity contribution in [2.24, 2.45) is 5.92 Å². The molecule has 0 radical (unpaired) electrons. The van der Waals surface area contributed by atoms with Crippen LogP contribution in [0.4, 0.5) is 4.79 Å². The van der Waals surface area contributed by atoms with Crippen molar-refractivity contribution >= 4 is 6.03 Å². The average molecular weight is 312 g/mol. The standard InChI is InChI=1S/C18H24N4O/c1-2-19-18(23)22(13-16-8-9-16)14-17-20-10-11-21(17)12-15-6-4-3-5-7-15/h3-7,10-11,16H,2,8-9,12-14H2,1H3,(H,19,23). The number of benzene rings is 1. The van der Waals surface area contributed by atoms with Gasteiger partial charge in [0.05, 0.1) is 6.54 Å². The first-order valence-electron chi connectivity index (χ1n) is 8.33. The first-order chi connectivity index (χ1) is 11.3. The summed E-state index contributed by atoms with van der Waals surface area (Å²) in [6, 6.07) is 10.3. The highest BCUT2D eigenvalue weighted by atomic mass is 16.2. The molecule has 0 saturated heterocycles. The van der Waals surface area contributed by atoms with Gasteiger partial charge in [-0.2, -0.15) is 0 Å². The Hall–Kier alpha value is -2.30. The second-order valence-electron chi connectivity index (χ2n) is 6.12. The van der Waals surface area contributed by atoms with Gasteiger partial charge in [-0.05, 0) is 31.2 Å². The zero-order chi connectivity index (χ0) is 16.1. The minimum absolute atomic E-state index is 0.00802. The molecule has 5 nitrogen and oxygen atoms in total. The minimum Gasteiger partial charge on any atom is -0.338 e. The number of amides is 2. The average Bonchev–Trinajstić information content (AvgIpc) is 3.28. The van der Waals surface area contributed by atoms with Crippen molar-refractivity contribution in [2.75, 3.05) is 13.1 Å². The van der Waals surface area contributed by atoms with Crippen LogP contribution in [0, 0.1) is 5.92 Å². The van der Waals surface area contributed by atoms with E-state index in [1.165, 1.54) is 18.4 Å². The normalized spacial score (nSPS) is 13.8. The number of imidazole rings is 1. The molecular weight excluding hydrogens is 288 g/mol. The Balaban J connectivity index is 1.70. The lowest BCUT2D eigenvalue weighted by atomic mass is 10.2. The van der Waals surface area contributed by atoms with Gasteiger partial charge in [-0.25, -0.2) is 9.78 Å². The van der Waals surface area contributed by atoms with E-state index in [0.29, 0.717) is 19.0 Å². The lowest BCUT2D eigenvalue weighted by molar-refractivity contribution is 0.191. The molecule has 2 amide bonds. The summed E-state index contributed by atoms with van der Waals surface area (Å²) in [4.78, 5) is 18.6. The van der Waals surface area contributed by atoms with Gasteiger partial charge in [0, 0.05) is 32.0 Å². The molecule has 1 aromatic heterocycles. The number of nitrogens with one attached hydrogen (secondary N) is 1. The molecule has 1 saturated carbocycles. The number of hydrogen-bond acceptors (Lipinski definition) is 2. The van der Waals surface area contributed by atoms with E-state index in [0.717, 1.165) is 18.9 Å². The monoisotopic (exact) mass is 312 g/mol. The summed E-state index contributed by atoms with van der Waals surface area (Å²) < 4.78 is 2.12. The van der Waals surface area contributed by atoms with Crippen LogP contribution in [-0.4, -0.2) is 33.6 Å². The molecule has 1 heterocycles. The summed E-state index contributed by atoms with van der Waals surface area (Å²) in [7, 11) is 0. The van der Waals surface area contributed by atoms with Crippen LogP contribution < -0.4 is 5.32 Å². The molecule has 0 unspecified atom stereocenters. The lowest BCUT2D eigenvalue weighted by Crippen LogP contribution is -2.41. The number of aromatic nitrogens is 2. The van der Waals surface area contributed by atoms with Crippen LogP contribution in [0.5, 0.6) is 0 Å². The fraction of sp³-hybridized carbons (Fsp3) is 0.444. The van der Waals surface area contributed by atoms with Crippen LogP contribution in [0.15, 0.2) is 42.7 Å². The first kappa shape index (κ1) is 15.6. The molecule has 0 bridgehead atoms. The fourth-order valence-corrected chi connectivity index (χ4v) is 2.68. The number of urea groups is 1. The van der Waals surface area contributed by atoms with Crippen LogP contribution in [-0.2, 0) is 13.1 Å². The zero-order valence-corrected chi connectivity index (χ0v) is 13.6. The molecule has 1 fully saturated rings. The number of carbonyl (C=O) groups is 1. The predicted octanol–water partition coefficient (Wildman–Crippen LogP) is 2.87. The summed E-state index contributed by atoms with van der Waals surface area (Å²) in [5.41, 5.74) is 1.23. The fourth-order valence-electron chi connectivity index (χ4n) is 2.68. The minimum atomic E-state index is 0.00802. The lowest BCUT2D eigenvalue weighted by Gasteiger charge is -2.23. The van der Waals surface area contributed by atoms with E-state index in [1.54, 1.807) is 0 Å². The maximum Gasteiger partial charge on any atom is 0.317 e. The molecular formula is C18H24N4O. The summed E-state index contributed by atoms with van der Waals surface area (Å²) >= 11 is 0. The Morgan fingerprint density at radius 3 is 2.83 bits per heavy atom. The van der Waals surface area contributed by atoms with Crippen molar-refractivity contribution in [1.82, 2.24) is 19.8 Å². The number of nitrogens with zero attached hydrogens (tertiary/aromatic N) is 3. The SMILES string of the molecule is CCNC(=O)N(Cc1nccn1Cc1ccccc1)CC1CC1. The van der Waals surface area contributed by atoms with Gasteiger partial charge < -0.3 is 14.8 Å². The Bertz CT molecular complexity index is 633. The van der Waals surface area contributed by atoms with Crippen LogP contribution in [0.3, 0.4) is 0 Å². The van der Waals surface area contributed by atoms with Gasteiger partial charge in [-0.3, -0.25) is 0 Å². The molecule has 1 N–H and O–H groups in total. The first-order valence-corrected chi connectivity index (χ1v) is 8.33. The molecule has 1 aliphatic rings. The van der Waals surface area contributed by atoms with Crippen molar-refractivity contribution in [1.29, 1.82) is 0 Å². The molecule has 1 aliphatic carbocycles. The third-order valence-electron chi connectivity index (χ3n) is 4.12. The summed E-state index contributed by atoms with van der Waals surface area (Å²) in [5.74, 6) is 1.59. The third kappa shape index (κ3) is 4.34. The largest absolute Gasteiger partial charge is 0.338 e. The Kier molecular flexibility index (Phi) is 4.95. The highest BCUT2D eigenvalue weighted by Crippen LogP contribution is 2.30. The predicted molar refractivity (Wildman–Crippen MR) is 90.0 cm³/mol. The molecule has 2 aromatic rings. The van der Waals surface area contributed by atoms with Crippen LogP contribution in [0.25, 0.3) is 0 Å². The Labute approximate surface area is 137 Å². The second-order valence-corrected chi connectivity index (χ2v) is 6.12. The summed E-state index contributed by atoms with van der Waals surface area (Å²) in [6.07, 6.45) is 6.25. The summed E-state index contributed by atoms with van der Waals surface area (Å²) in [6.45, 7) is 4.76. The van der Waals surface area contributed by atoms with Gasteiger partial charge in [-0.1, -0.05) is 30.3 Å². The maximum absolute atomic E-state index is 12.3. The van der Waals surface area contributed by atoms with E-state index in [-0.39, 0.29) is 6.03 Å². The van der Waals surface area contributed by atoms with Crippen molar-refractivity contribution in [3.8, 4) is 0 Å². The highest BCUT2D eigenvalue weighted by molar-refractivity contribution is 5.74. The molecule has 1 aromatic carbocycles. The third-order valence-corrected chi connectivity index (χ3v) is 4.12. The van der Waals surface area contributed by atoms with Crippen molar-refractivity contribution in [3.05, 3.63) is 54.1 Å². The van der Waals surface area contributed by atoms with Gasteiger partial charge in [0.2, 0.25) is 0 Å². The van der Waals surface area contributed by atoms with E-state index >= 15 is 0 Å². The number of hydrogen-bond donors (Lipinski definition) is 1. The molecule has 122 valence electrons. The van der Waals surface area contributed by atoms with Crippen LogP contribution in [0.1, 0.15) is 31.2 Å². The topological polar surface area (TPSA) is 50.2 Å². The maximum atomic E-state index is 12.3. The number of carbonyl (C=O) groups excluding carboxylic acids is 1. The van der Waals surface area contributed by atoms with Crippen molar-refractivity contribution in [3.63, 3.8) is 0 Å². The van der Waals surface area contributed by atoms with Crippen molar-refractivity contribution < 1.29 is 4.79 Å². The number of rotatable bonds is 7.